The van der Waals surface area contributed by atoms with Crippen molar-refractivity contribution in [3.8, 4) is 0 Å². The largest absolute Gasteiger partial charge is 0.467 e. The van der Waals surface area contributed by atoms with Crippen molar-refractivity contribution in [3.05, 3.63) is 57.7 Å². The van der Waals surface area contributed by atoms with E-state index in [4.69, 9.17) is 16.0 Å². The maximum Gasteiger partial charge on any atom is 0.262 e. The van der Waals surface area contributed by atoms with Crippen LogP contribution in [0.3, 0.4) is 0 Å². The Morgan fingerprint density at radius 1 is 1.31 bits per heavy atom. The van der Waals surface area contributed by atoms with Crippen molar-refractivity contribution in [3.63, 3.8) is 0 Å². The molecule has 3 heterocycles. The van der Waals surface area contributed by atoms with Gasteiger partial charge in [0, 0.05) is 11.6 Å². The van der Waals surface area contributed by atoms with Gasteiger partial charge in [0.25, 0.3) is 5.56 Å². The molecule has 29 heavy (non-hydrogen) atoms. The second-order valence-electron chi connectivity index (χ2n) is 6.38. The molecule has 4 rings (SSSR count). The first-order chi connectivity index (χ1) is 14.1. The number of nitrogens with zero attached hydrogens (tertiary/aromatic N) is 4. The minimum Gasteiger partial charge on any atom is -0.467 e. The topological polar surface area (TPSA) is 94.4 Å². The number of hydrogen-bond acceptors (Lipinski definition) is 6. The van der Waals surface area contributed by atoms with Crippen LogP contribution in [-0.2, 0) is 17.9 Å². The number of thioether (sulfide) groups is 1. The molecule has 0 saturated heterocycles. The molecule has 0 saturated carbocycles. The highest BCUT2D eigenvalue weighted by Crippen LogP contribution is 2.23. The Morgan fingerprint density at radius 2 is 2.17 bits per heavy atom. The Labute approximate surface area is 174 Å². The zero-order valence-electron chi connectivity index (χ0n) is 15.6. The summed E-state index contributed by atoms with van der Waals surface area (Å²) < 4.78 is 8.59. The monoisotopic (exact) mass is 431 g/mol. The summed E-state index contributed by atoms with van der Waals surface area (Å²) in [6, 6.07) is 8.70. The van der Waals surface area contributed by atoms with Gasteiger partial charge in [0.2, 0.25) is 11.7 Å². The highest BCUT2D eigenvalue weighted by atomic mass is 35.5. The molecular formula is C19H18ClN5O3S. The molecule has 1 amide bonds. The van der Waals surface area contributed by atoms with E-state index in [0.717, 1.165) is 6.42 Å². The fourth-order valence-electron chi connectivity index (χ4n) is 3.06. The molecule has 3 aromatic heterocycles. The van der Waals surface area contributed by atoms with Crippen LogP contribution < -0.4 is 10.9 Å². The van der Waals surface area contributed by atoms with Gasteiger partial charge in [0.1, 0.15) is 5.76 Å². The predicted octanol–water partition coefficient (Wildman–Crippen LogP) is 3.11. The van der Waals surface area contributed by atoms with Crippen LogP contribution in [0, 0.1) is 0 Å². The quantitative estimate of drug-likeness (QED) is 0.452. The Hall–Kier alpha value is -2.78. The summed E-state index contributed by atoms with van der Waals surface area (Å²) in [6.45, 7) is 2.82. The molecule has 8 nitrogen and oxygen atoms in total. The zero-order valence-corrected chi connectivity index (χ0v) is 17.2. The minimum absolute atomic E-state index is 0.155. The third kappa shape index (κ3) is 3.88. The van der Waals surface area contributed by atoms with Gasteiger partial charge in [-0.1, -0.05) is 30.3 Å². The van der Waals surface area contributed by atoms with Crippen molar-refractivity contribution in [1.29, 1.82) is 0 Å². The van der Waals surface area contributed by atoms with E-state index in [2.05, 4.69) is 15.5 Å². The first kappa shape index (κ1) is 19.5. The summed E-state index contributed by atoms with van der Waals surface area (Å²) in [5.74, 6) is 1.13. The van der Waals surface area contributed by atoms with Gasteiger partial charge in [-0.05, 0) is 36.8 Å². The fourth-order valence-corrected chi connectivity index (χ4v) is 4.00. The van der Waals surface area contributed by atoms with E-state index >= 15 is 0 Å². The third-order valence-electron chi connectivity index (χ3n) is 4.35. The second kappa shape index (κ2) is 8.30. The molecule has 0 spiro atoms. The van der Waals surface area contributed by atoms with Gasteiger partial charge >= 0.3 is 0 Å². The highest BCUT2D eigenvalue weighted by Gasteiger charge is 2.17. The van der Waals surface area contributed by atoms with Gasteiger partial charge in [-0.3, -0.25) is 18.6 Å². The van der Waals surface area contributed by atoms with Crippen molar-refractivity contribution in [2.45, 2.75) is 31.6 Å². The normalized spacial score (nSPS) is 11.4. The second-order valence-corrected chi connectivity index (χ2v) is 7.76. The standard InChI is InChI=1S/C19H18ClN5O3S/c1-2-7-24-17(27)14-9-12(20)5-6-15(14)25-18(24)22-23-19(25)29-11-16(26)21-10-13-4-3-8-28-13/h3-6,8-9H,2,7,10-11H2,1H3,(H,21,26). The predicted molar refractivity (Wildman–Crippen MR) is 111 cm³/mol. The molecule has 10 heteroatoms. The molecule has 0 aliphatic heterocycles. The van der Waals surface area contributed by atoms with E-state index in [1.807, 2.05) is 6.92 Å². The van der Waals surface area contributed by atoms with Crippen LogP contribution in [0.5, 0.6) is 0 Å². The number of halogens is 1. The molecule has 0 aliphatic rings. The third-order valence-corrected chi connectivity index (χ3v) is 5.52. The molecule has 4 aromatic rings. The van der Waals surface area contributed by atoms with Crippen molar-refractivity contribution >= 4 is 46.0 Å². The van der Waals surface area contributed by atoms with E-state index in [-0.39, 0.29) is 17.2 Å². The van der Waals surface area contributed by atoms with Crippen molar-refractivity contribution < 1.29 is 9.21 Å². The molecular weight excluding hydrogens is 414 g/mol. The number of hydrogen-bond donors (Lipinski definition) is 1. The van der Waals surface area contributed by atoms with Crippen molar-refractivity contribution in [1.82, 2.24) is 24.5 Å². The fraction of sp³-hybridized carbons (Fsp3) is 0.263. The van der Waals surface area contributed by atoms with E-state index < -0.39 is 0 Å². The Kier molecular flexibility index (Phi) is 5.59. The molecule has 0 atom stereocenters. The van der Waals surface area contributed by atoms with E-state index in [0.29, 0.717) is 45.7 Å². The number of aromatic nitrogens is 4. The number of nitrogens with one attached hydrogen (secondary N) is 1. The lowest BCUT2D eigenvalue weighted by Gasteiger charge is -2.10. The Bertz CT molecular complexity index is 1230. The van der Waals surface area contributed by atoms with Crippen LogP contribution >= 0.6 is 23.4 Å². The molecule has 1 N–H and O–H groups in total. The molecule has 1 aromatic carbocycles. The molecule has 0 fully saturated rings. The van der Waals surface area contributed by atoms with Crippen LogP contribution in [0.25, 0.3) is 16.7 Å². The van der Waals surface area contributed by atoms with Crippen LogP contribution in [0.15, 0.2) is 51.0 Å². The first-order valence-corrected chi connectivity index (χ1v) is 10.4. The number of amides is 1. The molecule has 0 unspecified atom stereocenters. The SMILES string of the molecule is CCCn1c(=O)c2cc(Cl)ccc2n2c(SCC(=O)NCc3ccco3)nnc12. The van der Waals surface area contributed by atoms with Gasteiger partial charge in [0.15, 0.2) is 5.16 Å². The average Bonchev–Trinajstić information content (AvgIpc) is 3.38. The summed E-state index contributed by atoms with van der Waals surface area (Å²) in [6.07, 6.45) is 2.33. The summed E-state index contributed by atoms with van der Waals surface area (Å²) >= 11 is 7.36. The molecule has 0 aliphatic carbocycles. The van der Waals surface area contributed by atoms with E-state index in [1.54, 1.807) is 45.6 Å². The lowest BCUT2D eigenvalue weighted by atomic mass is 10.2. The maximum absolute atomic E-state index is 12.9. The highest BCUT2D eigenvalue weighted by molar-refractivity contribution is 7.99. The number of furan rings is 1. The van der Waals surface area contributed by atoms with Crippen molar-refractivity contribution in [2.24, 2.45) is 0 Å². The van der Waals surface area contributed by atoms with Gasteiger partial charge in [-0.25, -0.2) is 0 Å². The summed E-state index contributed by atoms with van der Waals surface area (Å²) in [7, 11) is 0. The van der Waals surface area contributed by atoms with E-state index in [9.17, 15) is 9.59 Å². The number of carbonyl (C=O) groups is 1. The maximum atomic E-state index is 12.9. The number of aryl methyl sites for hydroxylation is 1. The number of carbonyl (C=O) groups excluding carboxylic acids is 1. The first-order valence-electron chi connectivity index (χ1n) is 9.07. The number of benzene rings is 1. The lowest BCUT2D eigenvalue weighted by Crippen LogP contribution is -2.25. The summed E-state index contributed by atoms with van der Waals surface area (Å²) in [5.41, 5.74) is 0.502. The van der Waals surface area contributed by atoms with Gasteiger partial charge in [0.05, 0.1) is 29.5 Å². The zero-order chi connectivity index (χ0) is 20.4. The van der Waals surface area contributed by atoms with E-state index in [1.165, 1.54) is 11.8 Å². The minimum atomic E-state index is -0.156. The molecule has 0 bridgehead atoms. The van der Waals surface area contributed by atoms with Crippen molar-refractivity contribution in [2.75, 3.05) is 5.75 Å². The lowest BCUT2D eigenvalue weighted by molar-refractivity contribution is -0.118. The van der Waals surface area contributed by atoms with Crippen LogP contribution in [0.4, 0.5) is 0 Å². The summed E-state index contributed by atoms with van der Waals surface area (Å²) in [5, 5.41) is 12.7. The van der Waals surface area contributed by atoms with Gasteiger partial charge < -0.3 is 9.73 Å². The molecule has 0 radical (unpaired) electrons. The van der Waals surface area contributed by atoms with Gasteiger partial charge in [-0.2, -0.15) is 0 Å². The van der Waals surface area contributed by atoms with Crippen LogP contribution in [0.2, 0.25) is 5.02 Å². The number of fused-ring (bicyclic) bond motifs is 3. The van der Waals surface area contributed by atoms with Crippen LogP contribution in [0.1, 0.15) is 19.1 Å². The smallest absolute Gasteiger partial charge is 0.262 e. The Balaban J connectivity index is 1.65. The molecule has 150 valence electrons. The van der Waals surface area contributed by atoms with Crippen LogP contribution in [-0.4, -0.2) is 30.8 Å². The summed E-state index contributed by atoms with van der Waals surface area (Å²) in [4.78, 5) is 25.1. The number of rotatable bonds is 7. The van der Waals surface area contributed by atoms with Gasteiger partial charge in [-0.15, -0.1) is 10.2 Å². The Morgan fingerprint density at radius 3 is 2.93 bits per heavy atom. The average molecular weight is 432 g/mol.